The molecule has 3 heteroatoms. The van der Waals surface area contributed by atoms with Crippen molar-refractivity contribution < 1.29 is 0 Å². The third-order valence-corrected chi connectivity index (χ3v) is 3.32. The van der Waals surface area contributed by atoms with E-state index in [0.717, 1.165) is 16.9 Å². The molecular formula is C14H19N3. The van der Waals surface area contributed by atoms with Crippen molar-refractivity contribution in [1.82, 2.24) is 9.78 Å². The molecule has 0 aliphatic heterocycles. The van der Waals surface area contributed by atoms with Crippen LogP contribution in [0.3, 0.4) is 0 Å². The number of nitrogens with zero attached hydrogens (tertiary/aromatic N) is 2. The predicted molar refractivity (Wildman–Crippen MR) is 70.4 cm³/mol. The number of rotatable bonds is 2. The maximum absolute atomic E-state index is 5.84. The quantitative estimate of drug-likeness (QED) is 0.860. The number of hydrogen-bond donors (Lipinski definition) is 1. The minimum atomic E-state index is 0.0752. The van der Waals surface area contributed by atoms with E-state index in [1.54, 1.807) is 0 Å². The van der Waals surface area contributed by atoms with E-state index >= 15 is 0 Å². The van der Waals surface area contributed by atoms with Crippen LogP contribution in [0.5, 0.6) is 0 Å². The fourth-order valence-electron chi connectivity index (χ4n) is 1.89. The molecule has 1 aromatic carbocycles. The van der Waals surface area contributed by atoms with E-state index in [4.69, 9.17) is 5.73 Å². The Balaban J connectivity index is 2.43. The van der Waals surface area contributed by atoms with Crippen molar-refractivity contribution in [2.45, 2.75) is 33.7 Å². The van der Waals surface area contributed by atoms with Gasteiger partial charge in [-0.3, -0.25) is 0 Å². The molecule has 0 radical (unpaired) electrons. The smallest absolute Gasteiger partial charge is 0.0649 e. The number of nitrogens with two attached hydrogens (primary N) is 1. The second-order valence-corrected chi connectivity index (χ2v) is 4.59. The summed E-state index contributed by atoms with van der Waals surface area (Å²) in [6.07, 6.45) is 0. The highest BCUT2D eigenvalue weighted by atomic mass is 15.3. The van der Waals surface area contributed by atoms with Crippen LogP contribution >= 0.6 is 0 Å². The molecule has 0 bridgehead atoms. The SMILES string of the molecule is Cc1nn(-c2ccc([C@H](C)N)cc2)c(C)c1C. The average molecular weight is 229 g/mol. The van der Waals surface area contributed by atoms with Gasteiger partial charge >= 0.3 is 0 Å². The highest BCUT2D eigenvalue weighted by Gasteiger charge is 2.08. The molecule has 0 aliphatic carbocycles. The number of hydrogen-bond acceptors (Lipinski definition) is 2. The van der Waals surface area contributed by atoms with E-state index in [9.17, 15) is 0 Å². The summed E-state index contributed by atoms with van der Waals surface area (Å²) in [6, 6.07) is 8.33. The van der Waals surface area contributed by atoms with Gasteiger partial charge in [-0.2, -0.15) is 5.10 Å². The molecule has 0 amide bonds. The zero-order valence-electron chi connectivity index (χ0n) is 10.9. The summed E-state index contributed by atoms with van der Waals surface area (Å²) in [5.74, 6) is 0. The molecule has 2 N–H and O–H groups in total. The van der Waals surface area contributed by atoms with E-state index in [-0.39, 0.29) is 6.04 Å². The lowest BCUT2D eigenvalue weighted by molar-refractivity contribution is 0.808. The van der Waals surface area contributed by atoms with Crippen molar-refractivity contribution in [2.24, 2.45) is 5.73 Å². The maximum atomic E-state index is 5.84. The fourth-order valence-corrected chi connectivity index (χ4v) is 1.89. The lowest BCUT2D eigenvalue weighted by Gasteiger charge is -2.08. The maximum Gasteiger partial charge on any atom is 0.0649 e. The summed E-state index contributed by atoms with van der Waals surface area (Å²) in [7, 11) is 0. The highest BCUT2D eigenvalue weighted by Crippen LogP contribution is 2.18. The van der Waals surface area contributed by atoms with Gasteiger partial charge in [0.1, 0.15) is 0 Å². The molecule has 0 spiro atoms. The Kier molecular flexibility index (Phi) is 3.03. The lowest BCUT2D eigenvalue weighted by atomic mass is 10.1. The topological polar surface area (TPSA) is 43.8 Å². The number of aryl methyl sites for hydroxylation is 1. The monoisotopic (exact) mass is 229 g/mol. The summed E-state index contributed by atoms with van der Waals surface area (Å²) in [6.45, 7) is 8.22. The Morgan fingerprint density at radius 2 is 1.71 bits per heavy atom. The average Bonchev–Trinajstić information content (AvgIpc) is 2.57. The molecule has 1 aromatic heterocycles. The lowest BCUT2D eigenvalue weighted by Crippen LogP contribution is -2.05. The highest BCUT2D eigenvalue weighted by molar-refractivity contribution is 5.38. The van der Waals surface area contributed by atoms with Crippen LogP contribution in [-0.2, 0) is 0 Å². The van der Waals surface area contributed by atoms with Gasteiger partial charge in [-0.25, -0.2) is 4.68 Å². The van der Waals surface area contributed by atoms with Gasteiger partial charge in [0.05, 0.1) is 11.4 Å². The summed E-state index contributed by atoms with van der Waals surface area (Å²) in [5.41, 5.74) is 11.6. The first kappa shape index (κ1) is 11.9. The second-order valence-electron chi connectivity index (χ2n) is 4.59. The molecule has 0 aliphatic rings. The Bertz CT molecular complexity index is 521. The molecule has 1 heterocycles. The minimum absolute atomic E-state index is 0.0752. The Labute approximate surface area is 102 Å². The van der Waals surface area contributed by atoms with Crippen LogP contribution < -0.4 is 5.73 Å². The minimum Gasteiger partial charge on any atom is -0.324 e. The van der Waals surface area contributed by atoms with Crippen LogP contribution in [0, 0.1) is 20.8 Å². The van der Waals surface area contributed by atoms with Crippen molar-refractivity contribution in [3.63, 3.8) is 0 Å². The molecule has 90 valence electrons. The zero-order valence-corrected chi connectivity index (χ0v) is 10.9. The van der Waals surface area contributed by atoms with E-state index in [1.165, 1.54) is 11.3 Å². The molecule has 2 rings (SSSR count). The molecule has 1 atom stereocenters. The molecule has 0 saturated carbocycles. The predicted octanol–water partition coefficient (Wildman–Crippen LogP) is 2.82. The number of benzene rings is 1. The normalized spacial score (nSPS) is 12.8. The molecule has 0 saturated heterocycles. The van der Waals surface area contributed by atoms with E-state index < -0.39 is 0 Å². The van der Waals surface area contributed by atoms with Crippen LogP contribution in [0.2, 0.25) is 0 Å². The first-order chi connectivity index (χ1) is 8.00. The van der Waals surface area contributed by atoms with Gasteiger partial charge in [0, 0.05) is 11.7 Å². The van der Waals surface area contributed by atoms with E-state index in [1.807, 2.05) is 18.5 Å². The summed E-state index contributed by atoms with van der Waals surface area (Å²) in [4.78, 5) is 0. The van der Waals surface area contributed by atoms with Gasteiger partial charge < -0.3 is 5.73 Å². The van der Waals surface area contributed by atoms with Crippen molar-refractivity contribution in [1.29, 1.82) is 0 Å². The third-order valence-electron chi connectivity index (χ3n) is 3.32. The largest absolute Gasteiger partial charge is 0.324 e. The summed E-state index contributed by atoms with van der Waals surface area (Å²) < 4.78 is 1.98. The molecular weight excluding hydrogens is 210 g/mol. The Morgan fingerprint density at radius 1 is 1.12 bits per heavy atom. The van der Waals surface area contributed by atoms with Gasteiger partial charge in [-0.15, -0.1) is 0 Å². The molecule has 2 aromatic rings. The second kappa shape index (κ2) is 4.34. The first-order valence-corrected chi connectivity index (χ1v) is 5.89. The molecule has 0 fully saturated rings. The molecule has 17 heavy (non-hydrogen) atoms. The van der Waals surface area contributed by atoms with Crippen molar-refractivity contribution in [2.75, 3.05) is 0 Å². The van der Waals surface area contributed by atoms with Crippen LogP contribution in [0.1, 0.15) is 35.5 Å². The fraction of sp³-hybridized carbons (Fsp3) is 0.357. The zero-order chi connectivity index (χ0) is 12.6. The van der Waals surface area contributed by atoms with Crippen LogP contribution in [-0.4, -0.2) is 9.78 Å². The first-order valence-electron chi connectivity index (χ1n) is 5.89. The van der Waals surface area contributed by atoms with Crippen molar-refractivity contribution in [3.8, 4) is 5.69 Å². The molecule has 3 nitrogen and oxygen atoms in total. The van der Waals surface area contributed by atoms with Gasteiger partial charge in [-0.05, 0) is 51.0 Å². The van der Waals surface area contributed by atoms with Crippen LogP contribution in [0.4, 0.5) is 0 Å². The van der Waals surface area contributed by atoms with E-state index in [2.05, 4.69) is 43.2 Å². The Hall–Kier alpha value is -1.61. The Morgan fingerprint density at radius 3 is 2.12 bits per heavy atom. The van der Waals surface area contributed by atoms with Gasteiger partial charge in [0.25, 0.3) is 0 Å². The standard InChI is InChI=1S/C14H19N3/c1-9-11(3)16-17(12(9)4)14-7-5-13(6-8-14)10(2)15/h5-8,10H,15H2,1-4H3/t10-/m0/s1. The molecule has 0 unspecified atom stereocenters. The third kappa shape index (κ3) is 2.11. The van der Waals surface area contributed by atoms with Crippen molar-refractivity contribution >= 4 is 0 Å². The van der Waals surface area contributed by atoms with Crippen LogP contribution in [0.15, 0.2) is 24.3 Å². The number of aromatic nitrogens is 2. The van der Waals surface area contributed by atoms with E-state index in [0.29, 0.717) is 0 Å². The summed E-state index contributed by atoms with van der Waals surface area (Å²) >= 11 is 0. The van der Waals surface area contributed by atoms with Crippen molar-refractivity contribution in [3.05, 3.63) is 46.8 Å². The van der Waals surface area contributed by atoms with Crippen LogP contribution in [0.25, 0.3) is 5.69 Å². The summed E-state index contributed by atoms with van der Waals surface area (Å²) in [5, 5.41) is 4.54. The van der Waals surface area contributed by atoms with Gasteiger partial charge in [0.15, 0.2) is 0 Å². The van der Waals surface area contributed by atoms with Gasteiger partial charge in [-0.1, -0.05) is 12.1 Å². The van der Waals surface area contributed by atoms with Gasteiger partial charge in [0.2, 0.25) is 0 Å².